The van der Waals surface area contributed by atoms with E-state index in [1.54, 1.807) is 22.1 Å². The third-order valence-corrected chi connectivity index (χ3v) is 6.65. The van der Waals surface area contributed by atoms with Crippen LogP contribution in [0.15, 0.2) is 33.2 Å². The maximum atomic E-state index is 12.7. The van der Waals surface area contributed by atoms with Gasteiger partial charge >= 0.3 is 6.09 Å². The standard InChI is InChI=1S/C20H22N4O4S2/c1-3-27-20(26)24-9-7-23(8-10-24)18(25)14-11-29-16(21-14)12-30-19-22-17-13(2)5-4-6-15(17)28-19/h4-6,11H,3,7-10,12H2,1-2H3. The molecule has 1 aliphatic heterocycles. The maximum Gasteiger partial charge on any atom is 0.409 e. The van der Waals surface area contributed by atoms with Crippen LogP contribution in [0.5, 0.6) is 0 Å². The first-order valence-corrected chi connectivity index (χ1v) is 11.6. The number of amides is 2. The molecule has 8 nitrogen and oxygen atoms in total. The largest absolute Gasteiger partial charge is 0.450 e. The molecule has 0 spiro atoms. The number of carbonyl (C=O) groups is 2. The normalized spacial score (nSPS) is 14.3. The van der Waals surface area contributed by atoms with E-state index in [0.29, 0.717) is 49.5 Å². The monoisotopic (exact) mass is 446 g/mol. The van der Waals surface area contributed by atoms with Crippen LogP contribution in [0.1, 0.15) is 28.0 Å². The first kappa shape index (κ1) is 20.7. The lowest BCUT2D eigenvalue weighted by molar-refractivity contribution is 0.0566. The molecule has 3 aromatic rings. The summed E-state index contributed by atoms with van der Waals surface area (Å²) in [5.74, 6) is 0.476. The van der Waals surface area contributed by atoms with Gasteiger partial charge in [0.15, 0.2) is 5.58 Å². The Bertz CT molecular complexity index is 1060. The van der Waals surface area contributed by atoms with E-state index < -0.39 is 0 Å². The number of hydrogen-bond donors (Lipinski definition) is 0. The number of thiazole rings is 1. The van der Waals surface area contributed by atoms with Crippen molar-refractivity contribution < 1.29 is 18.7 Å². The van der Waals surface area contributed by atoms with Crippen molar-refractivity contribution in [3.05, 3.63) is 39.8 Å². The first-order chi connectivity index (χ1) is 14.5. The highest BCUT2D eigenvalue weighted by Gasteiger charge is 2.26. The van der Waals surface area contributed by atoms with Gasteiger partial charge in [-0.15, -0.1) is 11.3 Å². The number of fused-ring (bicyclic) bond motifs is 1. The fourth-order valence-electron chi connectivity index (χ4n) is 3.20. The van der Waals surface area contributed by atoms with Crippen LogP contribution in [0, 0.1) is 6.92 Å². The van der Waals surface area contributed by atoms with E-state index in [1.807, 2.05) is 25.1 Å². The highest BCUT2D eigenvalue weighted by molar-refractivity contribution is 7.98. The molecule has 0 radical (unpaired) electrons. The van der Waals surface area contributed by atoms with Crippen molar-refractivity contribution >= 4 is 46.2 Å². The van der Waals surface area contributed by atoms with Crippen LogP contribution in [0.4, 0.5) is 4.79 Å². The minimum Gasteiger partial charge on any atom is -0.450 e. The minimum atomic E-state index is -0.327. The predicted molar refractivity (Wildman–Crippen MR) is 115 cm³/mol. The summed E-state index contributed by atoms with van der Waals surface area (Å²) in [7, 11) is 0. The van der Waals surface area contributed by atoms with E-state index in [4.69, 9.17) is 9.15 Å². The molecule has 0 unspecified atom stereocenters. The first-order valence-electron chi connectivity index (χ1n) is 9.69. The molecule has 30 heavy (non-hydrogen) atoms. The van der Waals surface area contributed by atoms with Gasteiger partial charge in [0.05, 0.1) is 12.4 Å². The molecule has 158 valence electrons. The number of piperazine rings is 1. The Kier molecular flexibility index (Phi) is 6.24. The highest BCUT2D eigenvalue weighted by Crippen LogP contribution is 2.28. The molecule has 1 saturated heterocycles. The Labute approximate surface area is 182 Å². The molecule has 2 aromatic heterocycles. The SMILES string of the molecule is CCOC(=O)N1CCN(C(=O)c2csc(CSc3nc4c(C)cccc4o3)n2)CC1. The van der Waals surface area contributed by atoms with Crippen LogP contribution in [0.2, 0.25) is 0 Å². The number of benzene rings is 1. The molecule has 4 rings (SSSR count). The molecule has 0 bridgehead atoms. The number of nitrogens with zero attached hydrogens (tertiary/aromatic N) is 4. The predicted octanol–water partition coefficient (Wildman–Crippen LogP) is 3.80. The van der Waals surface area contributed by atoms with Crippen molar-refractivity contribution in [3.8, 4) is 0 Å². The Morgan fingerprint density at radius 2 is 1.97 bits per heavy atom. The molecule has 1 aromatic carbocycles. The van der Waals surface area contributed by atoms with Gasteiger partial charge in [0.1, 0.15) is 16.2 Å². The molecule has 1 aliphatic rings. The number of aryl methyl sites for hydroxylation is 1. The number of rotatable bonds is 5. The van der Waals surface area contributed by atoms with Crippen molar-refractivity contribution in [2.75, 3.05) is 32.8 Å². The lowest BCUT2D eigenvalue weighted by Crippen LogP contribution is -2.50. The molecule has 3 heterocycles. The van der Waals surface area contributed by atoms with Gasteiger partial charge in [-0.2, -0.15) is 0 Å². The molecule has 2 amide bonds. The Balaban J connectivity index is 1.33. The summed E-state index contributed by atoms with van der Waals surface area (Å²) in [6.45, 7) is 6.01. The molecule has 0 N–H and O–H groups in total. The van der Waals surface area contributed by atoms with Gasteiger partial charge in [-0.1, -0.05) is 23.9 Å². The molecule has 10 heteroatoms. The summed E-state index contributed by atoms with van der Waals surface area (Å²) in [6.07, 6.45) is -0.327. The average Bonchev–Trinajstić information content (AvgIpc) is 3.40. The zero-order valence-corrected chi connectivity index (χ0v) is 18.4. The lowest BCUT2D eigenvalue weighted by Gasteiger charge is -2.33. The number of carbonyl (C=O) groups excluding carboxylic acids is 2. The Morgan fingerprint density at radius 1 is 1.20 bits per heavy atom. The molecule has 0 atom stereocenters. The van der Waals surface area contributed by atoms with Gasteiger partial charge in [0.25, 0.3) is 11.1 Å². The van der Waals surface area contributed by atoms with Gasteiger partial charge in [0, 0.05) is 31.6 Å². The number of oxazole rings is 1. The average molecular weight is 447 g/mol. The minimum absolute atomic E-state index is 0.108. The van der Waals surface area contributed by atoms with Gasteiger partial charge in [-0.05, 0) is 25.5 Å². The molecular weight excluding hydrogens is 424 g/mol. The number of aromatic nitrogens is 2. The van der Waals surface area contributed by atoms with Crippen molar-refractivity contribution in [2.45, 2.75) is 24.8 Å². The topological polar surface area (TPSA) is 88.8 Å². The van der Waals surface area contributed by atoms with E-state index in [-0.39, 0.29) is 12.0 Å². The summed E-state index contributed by atoms with van der Waals surface area (Å²) in [5, 5.41) is 3.22. The van der Waals surface area contributed by atoms with Crippen LogP contribution in [0.3, 0.4) is 0 Å². The smallest absolute Gasteiger partial charge is 0.409 e. The van der Waals surface area contributed by atoms with Gasteiger partial charge < -0.3 is 19.0 Å². The van der Waals surface area contributed by atoms with Gasteiger partial charge in [0.2, 0.25) is 0 Å². The second kappa shape index (κ2) is 9.05. The second-order valence-electron chi connectivity index (χ2n) is 6.79. The zero-order chi connectivity index (χ0) is 21.1. The van der Waals surface area contributed by atoms with Crippen LogP contribution in [-0.2, 0) is 10.5 Å². The number of ether oxygens (including phenoxy) is 1. The van der Waals surface area contributed by atoms with E-state index in [2.05, 4.69) is 9.97 Å². The Morgan fingerprint density at radius 3 is 2.70 bits per heavy atom. The summed E-state index contributed by atoms with van der Waals surface area (Å²) >= 11 is 2.91. The zero-order valence-electron chi connectivity index (χ0n) is 16.8. The van der Waals surface area contributed by atoms with Gasteiger partial charge in [-0.25, -0.2) is 14.8 Å². The second-order valence-corrected chi connectivity index (χ2v) is 8.66. The summed E-state index contributed by atoms with van der Waals surface area (Å²) < 4.78 is 10.8. The number of thioether (sulfide) groups is 1. The molecular formula is C20H22N4O4S2. The van der Waals surface area contributed by atoms with E-state index >= 15 is 0 Å². The van der Waals surface area contributed by atoms with E-state index in [1.165, 1.54) is 23.1 Å². The highest BCUT2D eigenvalue weighted by atomic mass is 32.2. The van der Waals surface area contributed by atoms with Crippen LogP contribution in [0.25, 0.3) is 11.1 Å². The summed E-state index contributed by atoms with van der Waals surface area (Å²) in [6, 6.07) is 5.86. The third kappa shape index (κ3) is 4.44. The lowest BCUT2D eigenvalue weighted by atomic mass is 10.2. The van der Waals surface area contributed by atoms with E-state index in [0.717, 1.165) is 21.7 Å². The van der Waals surface area contributed by atoms with Crippen molar-refractivity contribution in [3.63, 3.8) is 0 Å². The maximum absolute atomic E-state index is 12.7. The van der Waals surface area contributed by atoms with Crippen LogP contribution < -0.4 is 0 Å². The molecule has 0 aliphatic carbocycles. The van der Waals surface area contributed by atoms with Gasteiger partial charge in [-0.3, -0.25) is 4.79 Å². The fraction of sp³-hybridized carbons (Fsp3) is 0.400. The Hall–Kier alpha value is -2.59. The van der Waals surface area contributed by atoms with Crippen molar-refractivity contribution in [1.82, 2.24) is 19.8 Å². The van der Waals surface area contributed by atoms with Crippen LogP contribution in [-0.4, -0.2) is 64.6 Å². The van der Waals surface area contributed by atoms with Crippen molar-refractivity contribution in [1.29, 1.82) is 0 Å². The third-order valence-electron chi connectivity index (χ3n) is 4.78. The number of para-hydroxylation sites is 1. The van der Waals surface area contributed by atoms with Crippen LogP contribution >= 0.6 is 23.1 Å². The fourth-order valence-corrected chi connectivity index (χ4v) is 4.81. The molecule has 1 fully saturated rings. The summed E-state index contributed by atoms with van der Waals surface area (Å²) in [4.78, 5) is 36.9. The quantitative estimate of drug-likeness (QED) is 0.551. The molecule has 0 saturated carbocycles. The van der Waals surface area contributed by atoms with Crippen molar-refractivity contribution in [2.24, 2.45) is 0 Å². The summed E-state index contributed by atoms with van der Waals surface area (Å²) in [5.41, 5.74) is 3.16. The van der Waals surface area contributed by atoms with E-state index in [9.17, 15) is 9.59 Å². The number of hydrogen-bond acceptors (Lipinski definition) is 8.